The van der Waals surface area contributed by atoms with Crippen LogP contribution < -0.4 is 10.9 Å². The minimum atomic E-state index is -1.25. The number of hydrogen-bond donors (Lipinski definition) is 2. The van der Waals surface area contributed by atoms with Crippen LogP contribution in [0.4, 0.5) is 10.1 Å². The molecule has 0 aliphatic carbocycles. The molecule has 0 aliphatic rings. The molecular formula is C25H18FN3O4. The van der Waals surface area contributed by atoms with Crippen molar-refractivity contribution in [2.24, 2.45) is 0 Å². The zero-order chi connectivity index (χ0) is 23.4. The van der Waals surface area contributed by atoms with Gasteiger partial charge in [0.1, 0.15) is 23.9 Å². The summed E-state index contributed by atoms with van der Waals surface area (Å²) in [7, 11) is 0. The maximum atomic E-state index is 14.7. The standard InChI is InChI=1S/C25H18FN3O4/c26-20-13-18(16-7-3-1-4-8-16)11-12-19(20)24(32)28-21-14-27-23(17-9-5-2-6-10-17)29(25(21)33)15-22(30)31/h1-14H,15H2,(H,28,32)(H,30,31). The number of nitrogens with zero attached hydrogens (tertiary/aromatic N) is 2. The summed E-state index contributed by atoms with van der Waals surface area (Å²) in [5.41, 5.74) is 0.651. The maximum Gasteiger partial charge on any atom is 0.323 e. The van der Waals surface area contributed by atoms with Crippen molar-refractivity contribution < 1.29 is 19.1 Å². The first-order valence-electron chi connectivity index (χ1n) is 9.97. The Morgan fingerprint density at radius 3 is 2.15 bits per heavy atom. The first-order chi connectivity index (χ1) is 15.9. The maximum absolute atomic E-state index is 14.7. The normalized spacial score (nSPS) is 10.6. The van der Waals surface area contributed by atoms with Crippen LogP contribution in [0.5, 0.6) is 0 Å². The molecule has 0 atom stereocenters. The molecule has 1 heterocycles. The topological polar surface area (TPSA) is 101 Å². The summed E-state index contributed by atoms with van der Waals surface area (Å²) in [6, 6.07) is 21.9. The Balaban J connectivity index is 1.66. The van der Waals surface area contributed by atoms with Crippen LogP contribution in [0.2, 0.25) is 0 Å². The molecule has 0 bridgehead atoms. The van der Waals surface area contributed by atoms with E-state index in [1.807, 2.05) is 30.3 Å². The third-order valence-electron chi connectivity index (χ3n) is 4.94. The van der Waals surface area contributed by atoms with Gasteiger partial charge >= 0.3 is 5.97 Å². The Kier molecular flexibility index (Phi) is 6.08. The molecule has 0 fully saturated rings. The van der Waals surface area contributed by atoms with Crippen LogP contribution in [0.3, 0.4) is 0 Å². The Labute approximate surface area is 187 Å². The number of anilines is 1. The molecule has 8 heteroatoms. The van der Waals surface area contributed by atoms with Crippen LogP contribution in [0.1, 0.15) is 10.4 Å². The lowest BCUT2D eigenvalue weighted by molar-refractivity contribution is -0.137. The van der Waals surface area contributed by atoms with E-state index in [1.54, 1.807) is 36.4 Å². The lowest BCUT2D eigenvalue weighted by Crippen LogP contribution is -2.30. The fourth-order valence-electron chi connectivity index (χ4n) is 3.38. The van der Waals surface area contributed by atoms with Gasteiger partial charge in [0.2, 0.25) is 0 Å². The number of aromatic nitrogens is 2. The molecule has 1 amide bonds. The van der Waals surface area contributed by atoms with Crippen molar-refractivity contribution in [3.05, 3.63) is 107 Å². The quantitative estimate of drug-likeness (QED) is 0.468. The molecule has 7 nitrogen and oxygen atoms in total. The number of amides is 1. The smallest absolute Gasteiger partial charge is 0.323 e. The summed E-state index contributed by atoms with van der Waals surface area (Å²) in [6.45, 7) is -0.653. The molecule has 0 aliphatic heterocycles. The Hall–Kier alpha value is -4.59. The van der Waals surface area contributed by atoms with E-state index >= 15 is 0 Å². The van der Waals surface area contributed by atoms with E-state index in [0.29, 0.717) is 11.1 Å². The van der Waals surface area contributed by atoms with Gasteiger partial charge in [-0.25, -0.2) is 9.37 Å². The molecule has 33 heavy (non-hydrogen) atoms. The van der Waals surface area contributed by atoms with E-state index in [2.05, 4.69) is 10.3 Å². The van der Waals surface area contributed by atoms with E-state index in [4.69, 9.17) is 0 Å². The molecule has 0 saturated heterocycles. The number of nitrogens with one attached hydrogen (secondary N) is 1. The summed E-state index contributed by atoms with van der Waals surface area (Å²) < 4.78 is 15.6. The number of halogens is 1. The molecule has 0 radical (unpaired) electrons. The van der Waals surface area contributed by atoms with Crippen molar-refractivity contribution in [2.45, 2.75) is 6.54 Å². The minimum Gasteiger partial charge on any atom is -0.480 e. The number of carbonyl (C=O) groups is 2. The monoisotopic (exact) mass is 443 g/mol. The molecule has 164 valence electrons. The second-order valence-corrected chi connectivity index (χ2v) is 7.16. The lowest BCUT2D eigenvalue weighted by Gasteiger charge is -2.13. The number of aliphatic carboxylic acids is 1. The third-order valence-corrected chi connectivity index (χ3v) is 4.94. The molecule has 1 aromatic heterocycles. The number of benzene rings is 3. The van der Waals surface area contributed by atoms with Crippen LogP contribution in [0, 0.1) is 5.82 Å². The van der Waals surface area contributed by atoms with Gasteiger partial charge in [0.25, 0.3) is 11.5 Å². The summed E-state index contributed by atoms with van der Waals surface area (Å²) in [4.78, 5) is 41.1. The average Bonchev–Trinajstić information content (AvgIpc) is 2.82. The molecule has 0 spiro atoms. The van der Waals surface area contributed by atoms with Gasteiger partial charge in [-0.1, -0.05) is 66.7 Å². The van der Waals surface area contributed by atoms with Gasteiger partial charge in [-0.15, -0.1) is 0 Å². The van der Waals surface area contributed by atoms with Crippen LogP contribution in [-0.4, -0.2) is 26.5 Å². The molecule has 0 unspecified atom stereocenters. The highest BCUT2D eigenvalue weighted by molar-refractivity contribution is 6.04. The molecule has 4 rings (SSSR count). The van der Waals surface area contributed by atoms with Gasteiger partial charge in [0.15, 0.2) is 0 Å². The predicted molar refractivity (Wildman–Crippen MR) is 121 cm³/mol. The number of rotatable bonds is 6. The lowest BCUT2D eigenvalue weighted by atomic mass is 10.0. The second kappa shape index (κ2) is 9.27. The van der Waals surface area contributed by atoms with E-state index in [9.17, 15) is 23.9 Å². The van der Waals surface area contributed by atoms with Crippen molar-refractivity contribution in [1.29, 1.82) is 0 Å². The highest BCUT2D eigenvalue weighted by Crippen LogP contribution is 2.22. The van der Waals surface area contributed by atoms with Crippen molar-refractivity contribution in [2.75, 3.05) is 5.32 Å². The van der Waals surface area contributed by atoms with Crippen molar-refractivity contribution >= 4 is 17.6 Å². The summed E-state index contributed by atoms with van der Waals surface area (Å²) in [5, 5.41) is 11.6. The van der Waals surface area contributed by atoms with Crippen LogP contribution in [0.15, 0.2) is 89.9 Å². The van der Waals surface area contributed by atoms with E-state index < -0.39 is 29.8 Å². The first kappa shape index (κ1) is 21.6. The van der Waals surface area contributed by atoms with Gasteiger partial charge in [-0.2, -0.15) is 0 Å². The van der Waals surface area contributed by atoms with E-state index in [-0.39, 0.29) is 17.1 Å². The van der Waals surface area contributed by atoms with Crippen LogP contribution >= 0.6 is 0 Å². The molecule has 3 aromatic carbocycles. The van der Waals surface area contributed by atoms with Gasteiger partial charge < -0.3 is 10.4 Å². The molecular weight excluding hydrogens is 425 g/mol. The number of hydrogen-bond acceptors (Lipinski definition) is 4. The third kappa shape index (κ3) is 4.69. The molecule has 2 N–H and O–H groups in total. The van der Waals surface area contributed by atoms with Gasteiger partial charge in [0.05, 0.1) is 11.8 Å². The fourth-order valence-corrected chi connectivity index (χ4v) is 3.38. The number of carboxylic acid groups (broad SMARTS) is 1. The Bertz CT molecular complexity index is 1390. The van der Waals surface area contributed by atoms with Crippen molar-refractivity contribution in [3.63, 3.8) is 0 Å². The van der Waals surface area contributed by atoms with Crippen LogP contribution in [-0.2, 0) is 11.3 Å². The summed E-state index contributed by atoms with van der Waals surface area (Å²) in [5.74, 6) is -2.71. The second-order valence-electron chi connectivity index (χ2n) is 7.16. The van der Waals surface area contributed by atoms with Crippen molar-refractivity contribution in [3.8, 4) is 22.5 Å². The molecule has 4 aromatic rings. The van der Waals surface area contributed by atoms with E-state index in [0.717, 1.165) is 16.3 Å². The average molecular weight is 443 g/mol. The Morgan fingerprint density at radius 2 is 1.55 bits per heavy atom. The van der Waals surface area contributed by atoms with Gasteiger partial charge in [-0.05, 0) is 23.3 Å². The highest BCUT2D eigenvalue weighted by atomic mass is 19.1. The summed E-state index contributed by atoms with van der Waals surface area (Å²) in [6.07, 6.45) is 1.14. The molecule has 0 saturated carbocycles. The fraction of sp³-hybridized carbons (Fsp3) is 0.0400. The minimum absolute atomic E-state index is 0.138. The Morgan fingerprint density at radius 1 is 0.909 bits per heavy atom. The van der Waals surface area contributed by atoms with Gasteiger partial charge in [-0.3, -0.25) is 19.0 Å². The van der Waals surface area contributed by atoms with E-state index in [1.165, 1.54) is 12.1 Å². The zero-order valence-electron chi connectivity index (χ0n) is 17.2. The predicted octanol–water partition coefficient (Wildman–Crippen LogP) is 4.05. The highest BCUT2D eigenvalue weighted by Gasteiger charge is 2.18. The van der Waals surface area contributed by atoms with Crippen molar-refractivity contribution in [1.82, 2.24) is 9.55 Å². The number of carboxylic acids is 1. The van der Waals surface area contributed by atoms with Gasteiger partial charge in [0, 0.05) is 5.56 Å². The zero-order valence-corrected chi connectivity index (χ0v) is 17.2. The number of carbonyl (C=O) groups excluding carboxylic acids is 1. The first-order valence-corrected chi connectivity index (χ1v) is 9.97. The SMILES string of the molecule is O=C(O)Cn1c(-c2ccccc2)ncc(NC(=O)c2ccc(-c3ccccc3)cc2F)c1=O. The summed E-state index contributed by atoms with van der Waals surface area (Å²) >= 11 is 0. The largest absolute Gasteiger partial charge is 0.480 e. The van der Waals surface area contributed by atoms with Crippen LogP contribution in [0.25, 0.3) is 22.5 Å².